The number of nitrogens with zero attached hydrogens (tertiary/aromatic N) is 2. The molecule has 0 unspecified atom stereocenters. The average Bonchev–Trinajstić information content (AvgIpc) is 2.70. The summed E-state index contributed by atoms with van der Waals surface area (Å²) < 4.78 is 13.0. The fourth-order valence-electron chi connectivity index (χ4n) is 2.23. The third kappa shape index (κ3) is 2.35. The molecule has 21 heavy (non-hydrogen) atoms. The van der Waals surface area contributed by atoms with Crippen molar-refractivity contribution in [3.63, 3.8) is 0 Å². The number of carbonyl (C=O) groups is 2. The van der Waals surface area contributed by atoms with Crippen LogP contribution < -0.4 is 5.32 Å². The molecule has 1 N–H and O–H groups in total. The number of halogens is 1. The number of amides is 2. The summed E-state index contributed by atoms with van der Waals surface area (Å²) in [7, 11) is 1.45. The van der Waals surface area contributed by atoms with Crippen LogP contribution >= 0.6 is 0 Å². The van der Waals surface area contributed by atoms with Crippen LogP contribution in [0.2, 0.25) is 0 Å². The van der Waals surface area contributed by atoms with E-state index in [0.717, 1.165) is 11.1 Å². The summed E-state index contributed by atoms with van der Waals surface area (Å²) in [6.07, 6.45) is 2.70. The Bertz CT molecular complexity index is 745. The molecule has 5 nitrogen and oxygen atoms in total. The first kappa shape index (κ1) is 13.2. The SMILES string of the molecule is CN1C(=O)c2ccc(NCc3cncc(F)c3)cc2C1=O. The number of benzene rings is 1. The number of nitrogens with one attached hydrogen (secondary N) is 1. The Morgan fingerprint density at radius 1 is 1.14 bits per heavy atom. The summed E-state index contributed by atoms with van der Waals surface area (Å²) in [6, 6.07) is 6.35. The van der Waals surface area contributed by atoms with E-state index in [4.69, 9.17) is 0 Å². The Morgan fingerprint density at radius 3 is 2.67 bits per heavy atom. The van der Waals surface area contributed by atoms with Crippen molar-refractivity contribution in [3.8, 4) is 0 Å². The Hall–Kier alpha value is -2.76. The fraction of sp³-hybridized carbons (Fsp3) is 0.133. The Kier molecular flexibility index (Phi) is 3.13. The van der Waals surface area contributed by atoms with Gasteiger partial charge in [0.05, 0.1) is 17.3 Å². The highest BCUT2D eigenvalue weighted by Crippen LogP contribution is 2.24. The van der Waals surface area contributed by atoms with Gasteiger partial charge < -0.3 is 5.32 Å². The van der Waals surface area contributed by atoms with Crippen molar-refractivity contribution in [3.05, 3.63) is 59.2 Å². The number of aromatic nitrogens is 1. The molecule has 2 heterocycles. The maximum absolute atomic E-state index is 13.0. The van der Waals surface area contributed by atoms with Gasteiger partial charge in [-0.3, -0.25) is 19.5 Å². The molecule has 0 saturated carbocycles. The Labute approximate surface area is 120 Å². The van der Waals surface area contributed by atoms with Gasteiger partial charge in [0.2, 0.25) is 0 Å². The molecule has 0 spiro atoms. The second-order valence-electron chi connectivity index (χ2n) is 4.79. The van der Waals surface area contributed by atoms with Gasteiger partial charge in [-0.1, -0.05) is 0 Å². The lowest BCUT2D eigenvalue weighted by molar-refractivity contribution is 0.0693. The van der Waals surface area contributed by atoms with Crippen molar-refractivity contribution in [1.29, 1.82) is 0 Å². The zero-order valence-electron chi connectivity index (χ0n) is 11.3. The molecule has 0 saturated heterocycles. The van der Waals surface area contributed by atoms with Crippen LogP contribution in [0.4, 0.5) is 10.1 Å². The maximum atomic E-state index is 13.0. The highest BCUT2D eigenvalue weighted by Gasteiger charge is 2.32. The molecule has 0 bridgehead atoms. The minimum absolute atomic E-state index is 0.295. The number of rotatable bonds is 3. The van der Waals surface area contributed by atoms with Crippen LogP contribution in [0.1, 0.15) is 26.3 Å². The van der Waals surface area contributed by atoms with Gasteiger partial charge in [-0.15, -0.1) is 0 Å². The Balaban J connectivity index is 1.80. The second kappa shape index (κ2) is 4.97. The highest BCUT2D eigenvalue weighted by molar-refractivity contribution is 6.21. The third-order valence-corrected chi connectivity index (χ3v) is 3.35. The molecular weight excluding hydrogens is 273 g/mol. The number of fused-ring (bicyclic) bond motifs is 1. The van der Waals surface area contributed by atoms with E-state index in [1.165, 1.54) is 13.1 Å². The summed E-state index contributed by atoms with van der Waals surface area (Å²) >= 11 is 0. The molecule has 1 aromatic carbocycles. The first-order valence-electron chi connectivity index (χ1n) is 6.36. The van der Waals surface area contributed by atoms with Crippen molar-refractivity contribution in [2.24, 2.45) is 0 Å². The first-order chi connectivity index (χ1) is 10.1. The summed E-state index contributed by atoms with van der Waals surface area (Å²) in [6.45, 7) is 0.377. The molecule has 1 aliphatic heterocycles. The van der Waals surface area contributed by atoms with E-state index in [0.29, 0.717) is 28.9 Å². The lowest BCUT2D eigenvalue weighted by Gasteiger charge is -2.07. The molecule has 0 fully saturated rings. The van der Waals surface area contributed by atoms with Gasteiger partial charge in [0.25, 0.3) is 11.8 Å². The second-order valence-corrected chi connectivity index (χ2v) is 4.79. The monoisotopic (exact) mass is 285 g/mol. The summed E-state index contributed by atoms with van der Waals surface area (Å²) in [5, 5.41) is 3.08. The molecule has 2 aromatic rings. The zero-order chi connectivity index (χ0) is 15.0. The lowest BCUT2D eigenvalue weighted by Crippen LogP contribution is -2.24. The fourth-order valence-corrected chi connectivity index (χ4v) is 2.23. The van der Waals surface area contributed by atoms with Crippen LogP contribution in [0.5, 0.6) is 0 Å². The van der Waals surface area contributed by atoms with E-state index >= 15 is 0 Å². The number of carbonyl (C=O) groups excluding carboxylic acids is 2. The molecule has 0 aliphatic carbocycles. The number of imide groups is 1. The normalized spacial score (nSPS) is 13.5. The minimum atomic E-state index is -0.398. The number of anilines is 1. The molecule has 0 atom stereocenters. The standard InChI is InChI=1S/C15H12FN3O2/c1-19-14(20)12-3-2-11(5-13(12)15(19)21)18-7-9-4-10(16)8-17-6-9/h2-6,8,18H,7H2,1H3. The largest absolute Gasteiger partial charge is 0.381 e. The van der Waals surface area contributed by atoms with Crippen LogP contribution in [0, 0.1) is 5.82 Å². The van der Waals surface area contributed by atoms with Crippen molar-refractivity contribution < 1.29 is 14.0 Å². The number of pyridine rings is 1. The van der Waals surface area contributed by atoms with Gasteiger partial charge in [-0.05, 0) is 29.8 Å². The van der Waals surface area contributed by atoms with Crippen molar-refractivity contribution in [1.82, 2.24) is 9.88 Å². The van der Waals surface area contributed by atoms with E-state index in [9.17, 15) is 14.0 Å². The smallest absolute Gasteiger partial charge is 0.261 e. The van der Waals surface area contributed by atoms with Gasteiger partial charge >= 0.3 is 0 Å². The van der Waals surface area contributed by atoms with Crippen molar-refractivity contribution in [2.75, 3.05) is 12.4 Å². The van der Waals surface area contributed by atoms with E-state index in [2.05, 4.69) is 10.3 Å². The number of hydrogen-bond donors (Lipinski definition) is 1. The summed E-state index contributed by atoms with van der Waals surface area (Å²) in [5.74, 6) is -1.01. The lowest BCUT2D eigenvalue weighted by atomic mass is 10.1. The molecule has 2 amide bonds. The van der Waals surface area contributed by atoms with Crippen LogP contribution in [0.3, 0.4) is 0 Å². The molecule has 106 valence electrons. The molecule has 0 radical (unpaired) electrons. The van der Waals surface area contributed by atoms with Gasteiger partial charge in [0.1, 0.15) is 5.82 Å². The zero-order valence-corrected chi connectivity index (χ0v) is 11.3. The quantitative estimate of drug-likeness (QED) is 0.877. The van der Waals surface area contributed by atoms with Crippen LogP contribution in [-0.2, 0) is 6.54 Å². The van der Waals surface area contributed by atoms with E-state index < -0.39 is 5.82 Å². The predicted octanol–water partition coefficient (Wildman–Crippen LogP) is 2.06. The molecule has 1 aliphatic rings. The molecule has 1 aromatic heterocycles. The van der Waals surface area contributed by atoms with E-state index in [1.807, 2.05) is 0 Å². The van der Waals surface area contributed by atoms with Crippen molar-refractivity contribution in [2.45, 2.75) is 6.54 Å². The molecular formula is C15H12FN3O2. The van der Waals surface area contributed by atoms with Crippen LogP contribution in [-0.4, -0.2) is 28.7 Å². The Morgan fingerprint density at radius 2 is 1.90 bits per heavy atom. The maximum Gasteiger partial charge on any atom is 0.261 e. The summed E-state index contributed by atoms with van der Waals surface area (Å²) in [4.78, 5) is 28.5. The van der Waals surface area contributed by atoms with E-state index in [-0.39, 0.29) is 11.8 Å². The third-order valence-electron chi connectivity index (χ3n) is 3.35. The van der Waals surface area contributed by atoms with Gasteiger partial charge in [-0.25, -0.2) is 4.39 Å². The van der Waals surface area contributed by atoms with Gasteiger partial charge in [-0.2, -0.15) is 0 Å². The minimum Gasteiger partial charge on any atom is -0.381 e. The molecule has 6 heteroatoms. The molecule has 3 rings (SSSR count). The predicted molar refractivity (Wildman–Crippen MR) is 74.4 cm³/mol. The topological polar surface area (TPSA) is 62.3 Å². The van der Waals surface area contributed by atoms with Gasteiger partial charge in [0, 0.05) is 25.5 Å². The van der Waals surface area contributed by atoms with Crippen molar-refractivity contribution >= 4 is 17.5 Å². The van der Waals surface area contributed by atoms with Crippen LogP contribution in [0.15, 0.2) is 36.7 Å². The summed E-state index contributed by atoms with van der Waals surface area (Å²) in [5.41, 5.74) is 2.16. The van der Waals surface area contributed by atoms with Crippen LogP contribution in [0.25, 0.3) is 0 Å². The van der Waals surface area contributed by atoms with E-state index in [1.54, 1.807) is 24.4 Å². The highest BCUT2D eigenvalue weighted by atomic mass is 19.1. The number of hydrogen-bond acceptors (Lipinski definition) is 4. The van der Waals surface area contributed by atoms with Gasteiger partial charge in [0.15, 0.2) is 0 Å². The average molecular weight is 285 g/mol. The first-order valence-corrected chi connectivity index (χ1v) is 6.36.